The fourth-order valence-corrected chi connectivity index (χ4v) is 1.32. The van der Waals surface area contributed by atoms with E-state index in [0.717, 1.165) is 26.3 Å². The van der Waals surface area contributed by atoms with Crippen molar-refractivity contribution in [2.45, 2.75) is 57.8 Å². The first-order valence-electron chi connectivity index (χ1n) is 8.35. The molecule has 1 heterocycles. The van der Waals surface area contributed by atoms with E-state index in [9.17, 15) is 28.8 Å². The number of hydrogen-bond donors (Lipinski definition) is 8. The topological polar surface area (TPSA) is 256 Å². The molecule has 174 valence electrons. The fraction of sp³-hybridized carbons (Fsp3) is 0.625. The van der Waals surface area contributed by atoms with Crippen LogP contribution in [0.25, 0.3) is 0 Å². The first-order chi connectivity index (χ1) is 13.6. The average molecular weight is 441 g/mol. The summed E-state index contributed by atoms with van der Waals surface area (Å²) in [4.78, 5) is 58.0. The van der Waals surface area contributed by atoms with Gasteiger partial charge in [0.05, 0.1) is 18.9 Å². The minimum atomic E-state index is -1.66. The second-order valence-electron chi connectivity index (χ2n) is 5.66. The van der Waals surface area contributed by atoms with Crippen molar-refractivity contribution in [1.82, 2.24) is 5.32 Å². The highest BCUT2D eigenvalue weighted by atomic mass is 16.4. The predicted molar refractivity (Wildman–Crippen MR) is 96.8 cm³/mol. The molecule has 0 aromatic rings. The maximum Gasteiger partial charge on any atom is 0.371 e. The van der Waals surface area contributed by atoms with Gasteiger partial charge in [0.2, 0.25) is 5.78 Å². The fourth-order valence-electron chi connectivity index (χ4n) is 1.32. The molecule has 1 fully saturated rings. The quantitative estimate of drug-likeness (QED) is 0.203. The number of carboxylic acids is 5. The van der Waals surface area contributed by atoms with Crippen molar-refractivity contribution >= 4 is 35.6 Å². The highest BCUT2D eigenvalue weighted by Gasteiger charge is 2.20. The Hall–Kier alpha value is -3.10. The molecule has 0 amide bonds. The number of nitrogens with one attached hydrogen (secondary N) is 1. The number of carbonyl (C=O) groups is 6. The zero-order valence-electron chi connectivity index (χ0n) is 16.3. The van der Waals surface area contributed by atoms with Crippen molar-refractivity contribution in [3.8, 4) is 0 Å². The minimum Gasteiger partial charge on any atom is -0.481 e. The summed E-state index contributed by atoms with van der Waals surface area (Å²) in [7, 11) is 0. The number of aliphatic hydroxyl groups is 2. The third-order valence-corrected chi connectivity index (χ3v) is 2.92. The van der Waals surface area contributed by atoms with Crippen molar-refractivity contribution < 1.29 is 64.5 Å². The van der Waals surface area contributed by atoms with Gasteiger partial charge >= 0.3 is 29.8 Å². The summed E-state index contributed by atoms with van der Waals surface area (Å²) < 4.78 is 0. The normalized spacial score (nSPS) is 15.9. The molecule has 1 saturated heterocycles. The molecule has 0 spiro atoms. The smallest absolute Gasteiger partial charge is 0.371 e. The van der Waals surface area contributed by atoms with E-state index < -0.39 is 47.8 Å². The molecule has 0 aromatic heterocycles. The molecule has 0 aliphatic carbocycles. The first-order valence-corrected chi connectivity index (χ1v) is 8.35. The second-order valence-corrected chi connectivity index (χ2v) is 5.66. The Morgan fingerprint density at radius 2 is 1.30 bits per heavy atom. The Morgan fingerprint density at radius 3 is 1.40 bits per heavy atom. The summed E-state index contributed by atoms with van der Waals surface area (Å²) in [6.45, 7) is 3.07. The van der Waals surface area contributed by atoms with Crippen LogP contribution in [0.4, 0.5) is 0 Å². The average Bonchev–Trinajstić information content (AvgIpc) is 3.15. The van der Waals surface area contributed by atoms with Gasteiger partial charge in [-0.05, 0) is 26.3 Å². The standard InChI is InChI=1S/C5H9NO2.C4H8O4.C4H6O4.C3H4O3/c7-5(8)4-2-1-3-6-4;1-2(5)3(6)4(7)8;5-3(6)1-2-4(7)8;1-2(4)3(5)6/h4,6H,1-3H2,(H,7,8);2-3,5-6H,1H3,(H,7,8);1-2H2,(H,5,6)(H,7,8);1H3,(H,5,6)/t4-;;;/m0.../s1. The highest BCUT2D eigenvalue weighted by molar-refractivity contribution is 6.31. The molecule has 2 unspecified atom stereocenters. The summed E-state index contributed by atoms with van der Waals surface area (Å²) in [5.74, 6) is -6.48. The van der Waals surface area contributed by atoms with Gasteiger partial charge in [0, 0.05) is 6.92 Å². The molecule has 1 rings (SSSR count). The van der Waals surface area contributed by atoms with Crippen molar-refractivity contribution in [2.75, 3.05) is 6.54 Å². The van der Waals surface area contributed by atoms with Gasteiger partial charge in [-0.3, -0.25) is 19.2 Å². The van der Waals surface area contributed by atoms with Crippen molar-refractivity contribution in [3.63, 3.8) is 0 Å². The van der Waals surface area contributed by atoms with Crippen LogP contribution in [0.3, 0.4) is 0 Å². The number of aliphatic carboxylic acids is 5. The van der Waals surface area contributed by atoms with Gasteiger partial charge < -0.3 is 41.1 Å². The molecule has 0 radical (unpaired) electrons. The molecule has 8 N–H and O–H groups in total. The Labute approximate surface area is 170 Å². The van der Waals surface area contributed by atoms with E-state index >= 15 is 0 Å². The third-order valence-electron chi connectivity index (χ3n) is 2.92. The Kier molecular flexibility index (Phi) is 18.9. The van der Waals surface area contributed by atoms with E-state index in [-0.39, 0.29) is 18.9 Å². The minimum absolute atomic E-state index is 0.269. The van der Waals surface area contributed by atoms with Gasteiger partial charge in [-0.1, -0.05) is 0 Å². The first kappa shape index (κ1) is 31.6. The summed E-state index contributed by atoms with van der Waals surface area (Å²) >= 11 is 0. The molecular weight excluding hydrogens is 414 g/mol. The molecule has 14 nitrogen and oxygen atoms in total. The van der Waals surface area contributed by atoms with Crippen LogP contribution in [0.5, 0.6) is 0 Å². The van der Waals surface area contributed by atoms with Gasteiger partial charge in [0.15, 0.2) is 6.10 Å². The summed E-state index contributed by atoms with van der Waals surface area (Å²) in [6, 6.07) is -0.269. The van der Waals surface area contributed by atoms with E-state index in [1.165, 1.54) is 6.92 Å². The number of hydrogen-bond acceptors (Lipinski definition) is 9. The molecular formula is C16H27NO13. The maximum absolute atomic E-state index is 10.1. The number of aliphatic hydroxyl groups excluding tert-OH is 2. The zero-order valence-corrected chi connectivity index (χ0v) is 16.3. The molecule has 3 atom stereocenters. The van der Waals surface area contributed by atoms with Crippen LogP contribution in [-0.4, -0.2) is 96.2 Å². The summed E-state index contributed by atoms with van der Waals surface area (Å²) in [6.07, 6.45) is -1.67. The van der Waals surface area contributed by atoms with Crippen LogP contribution in [-0.2, 0) is 28.8 Å². The van der Waals surface area contributed by atoms with Crippen molar-refractivity contribution in [1.29, 1.82) is 0 Å². The molecule has 30 heavy (non-hydrogen) atoms. The van der Waals surface area contributed by atoms with Crippen LogP contribution in [0.2, 0.25) is 0 Å². The zero-order chi connectivity index (χ0) is 24.4. The monoisotopic (exact) mass is 441 g/mol. The Bertz CT molecular complexity index is 544. The molecule has 1 aliphatic rings. The van der Waals surface area contributed by atoms with Crippen LogP contribution in [0.1, 0.15) is 39.5 Å². The van der Waals surface area contributed by atoms with Gasteiger partial charge in [0.1, 0.15) is 6.04 Å². The lowest BCUT2D eigenvalue weighted by molar-refractivity contribution is -0.152. The lowest BCUT2D eigenvalue weighted by Crippen LogP contribution is -2.30. The van der Waals surface area contributed by atoms with Crippen LogP contribution >= 0.6 is 0 Å². The number of rotatable bonds is 7. The lowest BCUT2D eigenvalue weighted by atomic mass is 10.2. The number of carboxylic acid groups (broad SMARTS) is 5. The maximum atomic E-state index is 10.1. The van der Waals surface area contributed by atoms with E-state index in [1.54, 1.807) is 0 Å². The predicted octanol–water partition coefficient (Wildman–Crippen LogP) is -1.77. The largest absolute Gasteiger partial charge is 0.481 e. The second kappa shape index (κ2) is 18.0. The van der Waals surface area contributed by atoms with Crippen LogP contribution in [0, 0.1) is 0 Å². The molecule has 0 aromatic carbocycles. The third kappa shape index (κ3) is 22.9. The molecule has 0 saturated carbocycles. The Balaban J connectivity index is -0.000000326. The van der Waals surface area contributed by atoms with Crippen LogP contribution in [0.15, 0.2) is 0 Å². The van der Waals surface area contributed by atoms with E-state index in [2.05, 4.69) is 5.32 Å². The molecule has 0 bridgehead atoms. The number of carbonyl (C=O) groups excluding carboxylic acids is 1. The molecule has 14 heteroatoms. The van der Waals surface area contributed by atoms with Crippen LogP contribution < -0.4 is 5.32 Å². The summed E-state index contributed by atoms with van der Waals surface area (Å²) in [5, 5.41) is 59.3. The molecule has 1 aliphatic heterocycles. The van der Waals surface area contributed by atoms with E-state index in [4.69, 9.17) is 35.7 Å². The van der Waals surface area contributed by atoms with E-state index in [0.29, 0.717) is 0 Å². The van der Waals surface area contributed by atoms with Gasteiger partial charge in [-0.25, -0.2) is 9.59 Å². The SMILES string of the molecule is CC(=O)C(=O)O.CC(O)C(O)C(=O)O.O=C(O)CCC(=O)O.O=C(O)[C@@H]1CCCN1. The number of Topliss-reactive ketones (excluding diaryl/α,β-unsaturated/α-hetero) is 1. The number of ketones is 1. The van der Waals surface area contributed by atoms with Crippen molar-refractivity contribution in [3.05, 3.63) is 0 Å². The van der Waals surface area contributed by atoms with Crippen molar-refractivity contribution in [2.24, 2.45) is 0 Å². The highest BCUT2D eigenvalue weighted by Crippen LogP contribution is 2.03. The lowest BCUT2D eigenvalue weighted by Gasteiger charge is -2.05. The summed E-state index contributed by atoms with van der Waals surface area (Å²) in [5.41, 5.74) is 0. The van der Waals surface area contributed by atoms with Gasteiger partial charge in [0.25, 0.3) is 0 Å². The Morgan fingerprint density at radius 1 is 0.900 bits per heavy atom. The van der Waals surface area contributed by atoms with Gasteiger partial charge in [-0.2, -0.15) is 0 Å². The van der Waals surface area contributed by atoms with Gasteiger partial charge in [-0.15, -0.1) is 0 Å². The van der Waals surface area contributed by atoms with E-state index in [1.807, 2.05) is 0 Å².